The van der Waals surface area contributed by atoms with E-state index in [1.165, 1.54) is 9.44 Å². The lowest BCUT2D eigenvalue weighted by atomic mass is 9.95. The van der Waals surface area contributed by atoms with Gasteiger partial charge in [0.1, 0.15) is 111 Å². The molecule has 0 radical (unpaired) electrons. The van der Waals surface area contributed by atoms with Gasteiger partial charge in [-0.2, -0.15) is 60.0 Å². The Labute approximate surface area is 578 Å². The maximum absolute atomic E-state index is 13.8. The molecule has 598 valence electrons. The molecule has 55 nitrogen and oxygen atoms in total. The first-order valence-corrected chi connectivity index (χ1v) is 36.5. The van der Waals surface area contributed by atoms with Crippen LogP contribution in [0.4, 0.5) is 0 Å². The highest BCUT2D eigenvalue weighted by Gasteiger charge is 2.59. The van der Waals surface area contributed by atoms with Crippen LogP contribution in [0.15, 0.2) is 0 Å². The average molecular weight is 1640 g/mol. The number of aliphatic carboxylic acids is 3. The molecule has 5 heterocycles. The SMILES string of the molecule is CO[C@H]1O[C@H](C(=O)O)[C@H](O[C@@H]2O[C@@H](COS(=O)(=O)O)[C@H](OCC(=O)NCCN(CCNC(=O)CO[C@@H]3[C@@H](O)[C@H](NS(=O)(=O)O)[C@H](O[C@H]4C(C(=O)O)O[C@H](OC)[C@@H](OS(=O)(=O)O)[C@@H]4O)O[C@@H]3COS(=O)(=O)O)C(=O)CO[C@@H]3[C@@H](O)[C@H](O)[C@@H](O)O[C@@H]3C(=O)O)[C@H](O)[C@H]2NS(=O)(=O)O)[C@@H](O)[C@@H]1OS(=O)(=O)O. The average Bonchev–Trinajstić information content (AvgIpc) is 0.768. The first-order valence-electron chi connectivity index (χ1n) is 28.1. The number of carboxylic acid groups (broad SMARTS) is 3. The first-order chi connectivity index (χ1) is 47.3. The van der Waals surface area contributed by atoms with Crippen molar-refractivity contribution in [1.82, 2.24) is 25.0 Å². The summed E-state index contributed by atoms with van der Waals surface area (Å²) >= 11 is 0. The van der Waals surface area contributed by atoms with E-state index in [1.54, 1.807) is 0 Å². The molecule has 0 spiro atoms. The van der Waals surface area contributed by atoms with Crippen LogP contribution in [0, 0.1) is 0 Å². The molecule has 25 atom stereocenters. The maximum atomic E-state index is 13.8. The van der Waals surface area contributed by atoms with Crippen LogP contribution in [0.1, 0.15) is 0 Å². The Balaban J connectivity index is 1.36. The Hall–Kier alpha value is -4.72. The fourth-order valence-electron chi connectivity index (χ4n) is 10.1. The van der Waals surface area contributed by atoms with Crippen LogP contribution in [0.5, 0.6) is 0 Å². The maximum Gasteiger partial charge on any atom is 0.397 e. The quantitative estimate of drug-likeness (QED) is 0.0255. The predicted octanol–water partition coefficient (Wildman–Crippen LogP) is -15.2. The highest BCUT2D eigenvalue weighted by atomic mass is 32.3. The minimum atomic E-state index is -5.62. The summed E-state index contributed by atoms with van der Waals surface area (Å²) in [5.41, 5.74) is 0. The summed E-state index contributed by atoms with van der Waals surface area (Å²) in [5.74, 6) is -9.97. The number of carboxylic acids is 3. The third kappa shape index (κ3) is 26.6. The first kappa shape index (κ1) is 88.9. The second-order valence-electron chi connectivity index (χ2n) is 21.6. The van der Waals surface area contributed by atoms with E-state index in [0.717, 1.165) is 14.2 Å². The van der Waals surface area contributed by atoms with Gasteiger partial charge in [-0.25, -0.2) is 31.1 Å². The number of hydrogen-bond acceptors (Lipinski definition) is 41. The van der Waals surface area contributed by atoms with Gasteiger partial charge in [-0.1, -0.05) is 0 Å². The van der Waals surface area contributed by atoms with Gasteiger partial charge in [0.25, 0.3) is 0 Å². The largest absolute Gasteiger partial charge is 0.479 e. The number of hydrogen-bond donors (Lipinski definition) is 20. The molecule has 3 amide bonds. The van der Waals surface area contributed by atoms with Crippen molar-refractivity contribution in [2.75, 3.05) is 73.4 Å². The molecule has 5 aliphatic rings. The minimum absolute atomic E-state index is 0.672. The minimum Gasteiger partial charge on any atom is -0.479 e. The van der Waals surface area contributed by atoms with Crippen molar-refractivity contribution in [2.45, 2.75) is 153 Å². The van der Waals surface area contributed by atoms with Gasteiger partial charge in [-0.15, -0.1) is 0 Å². The summed E-state index contributed by atoms with van der Waals surface area (Å²) < 4.78 is 282. The number of ether oxygens (including phenoxy) is 12. The molecule has 0 saturated carbocycles. The lowest BCUT2D eigenvalue weighted by Gasteiger charge is -2.47. The number of nitrogens with one attached hydrogen (secondary N) is 4. The van der Waals surface area contributed by atoms with Gasteiger partial charge in [-0.3, -0.25) is 41.7 Å². The molecule has 5 aliphatic heterocycles. The third-order valence-electron chi connectivity index (χ3n) is 14.5. The Kier molecular flexibility index (Phi) is 31.9. The number of rotatable bonds is 38. The Bertz CT molecular complexity index is 3430. The van der Waals surface area contributed by atoms with Crippen LogP contribution in [-0.4, -0.2) is 396 Å². The van der Waals surface area contributed by atoms with Crippen LogP contribution < -0.4 is 20.1 Å². The second-order valence-corrected chi connectivity index (χ2v) is 28.2. The molecule has 0 aromatic rings. The van der Waals surface area contributed by atoms with Gasteiger partial charge in [0.05, 0.1) is 13.2 Å². The lowest BCUT2D eigenvalue weighted by Crippen LogP contribution is -2.68. The zero-order valence-electron chi connectivity index (χ0n) is 51.7. The van der Waals surface area contributed by atoms with Gasteiger partial charge in [0, 0.05) is 40.4 Å². The number of aliphatic hydroxyl groups is 7. The van der Waals surface area contributed by atoms with Crippen molar-refractivity contribution in [3.05, 3.63) is 0 Å². The Morgan fingerprint density at radius 2 is 0.757 bits per heavy atom. The molecule has 5 rings (SSSR count). The van der Waals surface area contributed by atoms with Crippen molar-refractivity contribution in [3.63, 3.8) is 0 Å². The summed E-state index contributed by atoms with van der Waals surface area (Å²) in [6.45, 7) is -10.2. The number of nitrogens with zero attached hydrogens (tertiary/aromatic N) is 1. The second kappa shape index (κ2) is 36.9. The van der Waals surface area contributed by atoms with E-state index in [9.17, 15) is 158 Å². The van der Waals surface area contributed by atoms with Gasteiger partial charge < -0.3 is 123 Å². The zero-order chi connectivity index (χ0) is 78.0. The van der Waals surface area contributed by atoms with Gasteiger partial charge in [0.2, 0.25) is 17.7 Å². The van der Waals surface area contributed by atoms with Gasteiger partial charge >= 0.3 is 80.1 Å². The van der Waals surface area contributed by atoms with E-state index in [1.807, 2.05) is 0 Å². The molecule has 0 bridgehead atoms. The fraction of sp³-hybridized carbons (Fsp3) is 0.857. The van der Waals surface area contributed by atoms with Crippen LogP contribution in [-0.2, 0) is 165 Å². The smallest absolute Gasteiger partial charge is 0.397 e. The predicted molar refractivity (Wildman–Crippen MR) is 305 cm³/mol. The molecule has 0 aromatic heterocycles. The van der Waals surface area contributed by atoms with E-state index < -0.39 is 310 Å². The van der Waals surface area contributed by atoms with E-state index in [2.05, 4.69) is 27.4 Å². The Morgan fingerprint density at radius 3 is 1.08 bits per heavy atom. The molecule has 61 heteroatoms. The van der Waals surface area contributed by atoms with Crippen molar-refractivity contribution in [3.8, 4) is 0 Å². The number of aliphatic hydroxyl groups excluding tert-OH is 7. The van der Waals surface area contributed by atoms with E-state index in [4.69, 9.17) is 56.8 Å². The van der Waals surface area contributed by atoms with Crippen LogP contribution >= 0.6 is 0 Å². The molecule has 1 unspecified atom stereocenters. The monoisotopic (exact) mass is 1640 g/mol. The van der Waals surface area contributed by atoms with Crippen LogP contribution in [0.2, 0.25) is 0 Å². The van der Waals surface area contributed by atoms with E-state index in [-0.39, 0.29) is 0 Å². The third-order valence-corrected chi connectivity index (χ3v) is 17.4. The number of carbonyl (C=O) groups excluding carboxylic acids is 3. The molecule has 5 fully saturated rings. The van der Waals surface area contributed by atoms with Crippen molar-refractivity contribution < 1.29 is 231 Å². The Morgan fingerprint density at radius 1 is 0.408 bits per heavy atom. The summed E-state index contributed by atoms with van der Waals surface area (Å²) in [5, 5.41) is 110. The number of methoxy groups -OCH3 is 2. The summed E-state index contributed by atoms with van der Waals surface area (Å²) in [4.78, 5) is 77.9. The summed E-state index contributed by atoms with van der Waals surface area (Å²) in [7, 11) is -31.9. The van der Waals surface area contributed by atoms with Crippen molar-refractivity contribution >= 4 is 97.8 Å². The van der Waals surface area contributed by atoms with E-state index >= 15 is 0 Å². The molecule has 0 aliphatic carbocycles. The van der Waals surface area contributed by atoms with Crippen LogP contribution in [0.25, 0.3) is 0 Å². The van der Waals surface area contributed by atoms with Gasteiger partial charge in [-0.05, 0) is 0 Å². The molecular formula is C42H69N5O50S6. The topological polar surface area (TPSA) is 830 Å². The fourth-order valence-corrected chi connectivity index (χ4v) is 12.9. The van der Waals surface area contributed by atoms with E-state index in [0.29, 0.717) is 4.90 Å². The lowest BCUT2D eigenvalue weighted by molar-refractivity contribution is -0.336. The number of amides is 3. The summed E-state index contributed by atoms with van der Waals surface area (Å²) in [6.07, 6.45) is -55.8. The molecule has 103 heavy (non-hydrogen) atoms. The zero-order valence-corrected chi connectivity index (χ0v) is 56.6. The highest BCUT2D eigenvalue weighted by Crippen LogP contribution is 2.35. The van der Waals surface area contributed by atoms with Crippen LogP contribution in [0.3, 0.4) is 0 Å². The van der Waals surface area contributed by atoms with Gasteiger partial charge in [0.15, 0.2) is 62.0 Å². The van der Waals surface area contributed by atoms with Crippen molar-refractivity contribution in [2.24, 2.45) is 0 Å². The normalized spacial score (nSPS) is 35.0. The van der Waals surface area contributed by atoms with Crippen molar-refractivity contribution in [1.29, 1.82) is 0 Å². The highest BCUT2D eigenvalue weighted by molar-refractivity contribution is 7.84. The molecule has 0 aromatic carbocycles. The molecule has 20 N–H and O–H groups in total. The number of carbonyl (C=O) groups is 6. The standard InChI is InChI=1S/C42H69N5O50S6/c1-82-41-30(96-102(76,77)78)23(55)28(33(94-41)36(59)60)92-39-17(45-98(64,65)66)19(51)25(12(89-39)7-87-100(70,71)72)84-9-14(48)43-3-5-47(16(50)11-86-27-21(53)22(54)38(63)91-32(27)35(57)58)6-4-44-15(49)10-85-26-13(8-88-101(73,74)75)90-40(18(20(26)52)46-99(67,68)69)93-29-24(56)31(97-103(79,80)81)42(83-2)95-34(29)37(61)62/h12-13,17-34,38-42,45-46,51-56,63H,3-11H2,1-2H3,(H,43,48)(H,44,49)(H,57,58)(H,59,60)(H,61,62)(H,64,65,66)(H,67,68,69)(H,70,71,72)(H,73,74,75)(H,76,77,78)(H,79,80,81)/t12-,13+,17+,18-,19+,20-,21-,22-,23+,24+,25-,26-,27+,28+,29+,30-,31-,32-,33-,34?,38-,39-,40-,41-,42-/m0/s1. The summed E-state index contributed by atoms with van der Waals surface area (Å²) in [6, 6.07) is -5.12. The molecule has 5 saturated heterocycles. The molecular weight excluding hydrogens is 1570 g/mol.